The van der Waals surface area contributed by atoms with E-state index in [1.807, 2.05) is 0 Å². The van der Waals surface area contributed by atoms with Crippen molar-refractivity contribution in [3.63, 3.8) is 0 Å². The van der Waals surface area contributed by atoms with Gasteiger partial charge in [0.25, 0.3) is 0 Å². The van der Waals surface area contributed by atoms with Crippen LogP contribution >= 0.6 is 11.6 Å². The molecule has 0 atom stereocenters. The summed E-state index contributed by atoms with van der Waals surface area (Å²) in [6.45, 7) is 0. The second-order valence-corrected chi connectivity index (χ2v) is 3.71. The number of H-pyrrole nitrogens is 1. The van der Waals surface area contributed by atoms with E-state index >= 15 is 0 Å². The SMILES string of the molecule is FC(F)(F)c1cc[nH]c1-c1ccc(Cl)cc1. The lowest BCUT2D eigenvalue weighted by atomic mass is 10.1. The van der Waals surface area contributed by atoms with Gasteiger partial charge in [0.2, 0.25) is 0 Å². The number of halogens is 4. The van der Waals surface area contributed by atoms with Crippen molar-refractivity contribution in [3.8, 4) is 11.3 Å². The van der Waals surface area contributed by atoms with Gasteiger partial charge in [-0.3, -0.25) is 0 Å². The van der Waals surface area contributed by atoms with E-state index in [0.29, 0.717) is 10.6 Å². The summed E-state index contributed by atoms with van der Waals surface area (Å²) in [5.41, 5.74) is -0.152. The highest BCUT2D eigenvalue weighted by atomic mass is 35.5. The van der Waals surface area contributed by atoms with Crippen molar-refractivity contribution in [2.24, 2.45) is 0 Å². The molecule has 2 aromatic rings. The molecule has 1 aromatic heterocycles. The fourth-order valence-electron chi connectivity index (χ4n) is 1.46. The molecule has 0 aliphatic rings. The van der Waals surface area contributed by atoms with E-state index in [9.17, 15) is 13.2 Å². The van der Waals surface area contributed by atoms with Crippen LogP contribution in [0.3, 0.4) is 0 Å². The molecule has 0 spiro atoms. The van der Waals surface area contributed by atoms with Gasteiger partial charge in [0.15, 0.2) is 0 Å². The van der Waals surface area contributed by atoms with E-state index in [4.69, 9.17) is 11.6 Å². The Hall–Kier alpha value is -1.42. The highest BCUT2D eigenvalue weighted by molar-refractivity contribution is 6.30. The summed E-state index contributed by atoms with van der Waals surface area (Å²) in [5, 5.41) is 0.490. The normalized spacial score (nSPS) is 11.8. The zero-order chi connectivity index (χ0) is 11.8. The van der Waals surface area contributed by atoms with Gasteiger partial charge >= 0.3 is 6.18 Å². The van der Waals surface area contributed by atoms with E-state index in [-0.39, 0.29) is 5.69 Å². The molecular formula is C11H7ClF3N. The second kappa shape index (κ2) is 3.87. The predicted molar refractivity (Wildman–Crippen MR) is 56.2 cm³/mol. The molecule has 1 heterocycles. The molecule has 0 fully saturated rings. The van der Waals surface area contributed by atoms with Crippen LogP contribution in [-0.4, -0.2) is 4.98 Å². The van der Waals surface area contributed by atoms with Crippen molar-refractivity contribution in [1.82, 2.24) is 4.98 Å². The quantitative estimate of drug-likeness (QED) is 0.769. The lowest BCUT2D eigenvalue weighted by molar-refractivity contribution is -0.136. The summed E-state index contributed by atoms with van der Waals surface area (Å²) < 4.78 is 37.8. The Bertz CT molecular complexity index is 485. The standard InChI is InChI=1S/C11H7ClF3N/c12-8-3-1-7(2-4-8)10-9(5-6-16-10)11(13,14)15/h1-6,16H. The molecule has 1 aromatic carbocycles. The number of hydrogen-bond donors (Lipinski definition) is 1. The van der Waals surface area contributed by atoms with Crippen LogP contribution in [0.5, 0.6) is 0 Å². The summed E-state index contributed by atoms with van der Waals surface area (Å²) in [4.78, 5) is 2.58. The summed E-state index contributed by atoms with van der Waals surface area (Å²) >= 11 is 5.67. The average molecular weight is 246 g/mol. The van der Waals surface area contributed by atoms with E-state index in [1.165, 1.54) is 6.20 Å². The van der Waals surface area contributed by atoms with Crippen molar-refractivity contribution in [1.29, 1.82) is 0 Å². The Morgan fingerprint density at radius 3 is 2.19 bits per heavy atom. The van der Waals surface area contributed by atoms with Gasteiger partial charge in [0, 0.05) is 11.2 Å². The first-order valence-corrected chi connectivity index (χ1v) is 4.87. The van der Waals surface area contributed by atoms with Gasteiger partial charge in [-0.25, -0.2) is 0 Å². The number of aromatic amines is 1. The van der Waals surface area contributed by atoms with Crippen LogP contribution in [0.25, 0.3) is 11.3 Å². The number of aromatic nitrogens is 1. The maximum absolute atomic E-state index is 12.6. The molecule has 16 heavy (non-hydrogen) atoms. The third-order valence-electron chi connectivity index (χ3n) is 2.19. The minimum Gasteiger partial charge on any atom is -0.361 e. The van der Waals surface area contributed by atoms with Crippen LogP contribution in [0, 0.1) is 0 Å². The number of rotatable bonds is 1. The van der Waals surface area contributed by atoms with Crippen molar-refractivity contribution in [2.45, 2.75) is 6.18 Å². The molecule has 0 aliphatic carbocycles. The Balaban J connectivity index is 2.49. The summed E-state index contributed by atoms with van der Waals surface area (Å²) in [7, 11) is 0. The van der Waals surface area contributed by atoms with Gasteiger partial charge in [-0.1, -0.05) is 23.7 Å². The third kappa shape index (κ3) is 2.07. The summed E-state index contributed by atoms with van der Waals surface area (Å²) in [6, 6.07) is 7.21. The van der Waals surface area contributed by atoms with Crippen LogP contribution < -0.4 is 0 Å². The predicted octanol–water partition coefficient (Wildman–Crippen LogP) is 4.35. The lowest BCUT2D eigenvalue weighted by Gasteiger charge is -2.07. The van der Waals surface area contributed by atoms with Gasteiger partial charge in [0.05, 0.1) is 11.3 Å². The Kier molecular flexibility index (Phi) is 2.68. The Morgan fingerprint density at radius 1 is 1.00 bits per heavy atom. The van der Waals surface area contributed by atoms with Crippen molar-refractivity contribution in [2.75, 3.05) is 0 Å². The highest BCUT2D eigenvalue weighted by Gasteiger charge is 2.34. The molecule has 0 bridgehead atoms. The summed E-state index contributed by atoms with van der Waals surface area (Å²) in [5.74, 6) is 0. The van der Waals surface area contributed by atoms with E-state index in [1.54, 1.807) is 24.3 Å². The molecule has 0 aliphatic heterocycles. The summed E-state index contributed by atoms with van der Waals surface area (Å²) in [6.07, 6.45) is -3.08. The molecule has 5 heteroatoms. The maximum Gasteiger partial charge on any atom is 0.418 e. The smallest absolute Gasteiger partial charge is 0.361 e. The number of benzene rings is 1. The van der Waals surface area contributed by atoms with E-state index in [2.05, 4.69) is 4.98 Å². The van der Waals surface area contributed by atoms with Crippen LogP contribution in [0.2, 0.25) is 5.02 Å². The van der Waals surface area contributed by atoms with Gasteiger partial charge < -0.3 is 4.98 Å². The molecule has 0 radical (unpaired) electrons. The van der Waals surface area contributed by atoms with Crippen LogP contribution in [0.1, 0.15) is 5.56 Å². The largest absolute Gasteiger partial charge is 0.418 e. The van der Waals surface area contributed by atoms with Crippen molar-refractivity contribution >= 4 is 11.6 Å². The molecular weight excluding hydrogens is 239 g/mol. The number of hydrogen-bond acceptors (Lipinski definition) is 0. The molecule has 0 saturated carbocycles. The van der Waals surface area contributed by atoms with E-state index in [0.717, 1.165) is 6.07 Å². The molecule has 0 saturated heterocycles. The van der Waals surface area contributed by atoms with Crippen LogP contribution in [0.15, 0.2) is 36.5 Å². The monoisotopic (exact) mass is 245 g/mol. The first kappa shape index (κ1) is 11.1. The van der Waals surface area contributed by atoms with Crippen LogP contribution in [0.4, 0.5) is 13.2 Å². The van der Waals surface area contributed by atoms with Gasteiger partial charge in [-0.05, 0) is 23.8 Å². The minimum absolute atomic E-state index is 0.0594. The molecule has 2 rings (SSSR count). The lowest BCUT2D eigenvalue weighted by Crippen LogP contribution is -2.05. The molecule has 1 N–H and O–H groups in total. The Labute approximate surface area is 94.9 Å². The molecule has 84 valence electrons. The van der Waals surface area contributed by atoms with Crippen molar-refractivity contribution < 1.29 is 13.2 Å². The first-order valence-electron chi connectivity index (χ1n) is 4.49. The van der Waals surface area contributed by atoms with Gasteiger partial charge in [0.1, 0.15) is 0 Å². The zero-order valence-electron chi connectivity index (χ0n) is 7.98. The third-order valence-corrected chi connectivity index (χ3v) is 2.44. The number of nitrogens with one attached hydrogen (secondary N) is 1. The molecule has 1 nitrogen and oxygen atoms in total. The number of alkyl halides is 3. The topological polar surface area (TPSA) is 15.8 Å². The second-order valence-electron chi connectivity index (χ2n) is 3.27. The van der Waals surface area contributed by atoms with Crippen LogP contribution in [-0.2, 0) is 6.18 Å². The van der Waals surface area contributed by atoms with Crippen molar-refractivity contribution in [3.05, 3.63) is 47.1 Å². The average Bonchev–Trinajstić information content (AvgIpc) is 2.66. The zero-order valence-corrected chi connectivity index (χ0v) is 8.73. The van der Waals surface area contributed by atoms with Gasteiger partial charge in [-0.2, -0.15) is 13.2 Å². The minimum atomic E-state index is -4.35. The maximum atomic E-state index is 12.6. The Morgan fingerprint density at radius 2 is 1.62 bits per heavy atom. The molecule has 0 amide bonds. The fraction of sp³-hybridized carbons (Fsp3) is 0.0909. The van der Waals surface area contributed by atoms with E-state index < -0.39 is 11.7 Å². The highest BCUT2D eigenvalue weighted by Crippen LogP contribution is 2.36. The first-order chi connectivity index (χ1) is 7.48. The van der Waals surface area contributed by atoms with Gasteiger partial charge in [-0.15, -0.1) is 0 Å². The molecule has 0 unspecified atom stereocenters. The fourth-order valence-corrected chi connectivity index (χ4v) is 1.59.